The van der Waals surface area contributed by atoms with Crippen molar-refractivity contribution >= 4 is 0 Å². The molecule has 0 radical (unpaired) electrons. The van der Waals surface area contributed by atoms with E-state index in [0.717, 1.165) is 48.9 Å². The van der Waals surface area contributed by atoms with Crippen LogP contribution in [0.2, 0.25) is 0 Å². The second kappa shape index (κ2) is 5.40. The molecule has 1 fully saturated rings. The van der Waals surface area contributed by atoms with Gasteiger partial charge in [-0.15, -0.1) is 0 Å². The summed E-state index contributed by atoms with van der Waals surface area (Å²) >= 11 is 0. The number of nitrogens with zero attached hydrogens (tertiary/aromatic N) is 2. The Bertz CT molecular complexity index is 546. The molecule has 1 aliphatic heterocycles. The van der Waals surface area contributed by atoms with Gasteiger partial charge in [-0.3, -0.25) is 5.10 Å². The van der Waals surface area contributed by atoms with E-state index in [1.165, 1.54) is 0 Å². The number of piperidine rings is 1. The molecule has 1 saturated heterocycles. The molecule has 5 heteroatoms. The predicted molar refractivity (Wildman–Crippen MR) is 73.2 cm³/mol. The third-order valence-electron chi connectivity index (χ3n) is 3.56. The number of methoxy groups -OCH3 is 1. The van der Waals surface area contributed by atoms with Crippen LogP contribution in [-0.2, 0) is 0 Å². The lowest BCUT2D eigenvalue weighted by Crippen LogP contribution is -2.27. The molecular weight excluding hydrogens is 240 g/mol. The molecule has 0 spiro atoms. The Morgan fingerprint density at radius 3 is 2.89 bits per heavy atom. The van der Waals surface area contributed by atoms with Gasteiger partial charge in [0.15, 0.2) is 5.82 Å². The normalized spacial score (nSPS) is 16.5. The molecule has 1 aliphatic rings. The van der Waals surface area contributed by atoms with Crippen LogP contribution in [-0.4, -0.2) is 35.4 Å². The van der Waals surface area contributed by atoms with E-state index in [1.54, 1.807) is 7.11 Å². The van der Waals surface area contributed by atoms with Crippen LogP contribution in [0, 0.1) is 0 Å². The quantitative estimate of drug-likeness (QED) is 0.883. The lowest BCUT2D eigenvalue weighted by Gasteiger charge is -2.19. The van der Waals surface area contributed by atoms with Gasteiger partial charge in [0.1, 0.15) is 11.6 Å². The Balaban J connectivity index is 1.83. The third kappa shape index (κ3) is 2.61. The summed E-state index contributed by atoms with van der Waals surface area (Å²) in [5, 5.41) is 10.8. The van der Waals surface area contributed by atoms with Crippen LogP contribution in [0.25, 0.3) is 11.4 Å². The van der Waals surface area contributed by atoms with Crippen molar-refractivity contribution in [2.24, 2.45) is 0 Å². The molecule has 1 aromatic heterocycles. The zero-order valence-corrected chi connectivity index (χ0v) is 11.0. The number of benzene rings is 1. The monoisotopic (exact) mass is 258 g/mol. The van der Waals surface area contributed by atoms with Crippen LogP contribution in [0.1, 0.15) is 24.6 Å². The average Bonchev–Trinajstić information content (AvgIpc) is 2.98. The van der Waals surface area contributed by atoms with Gasteiger partial charge < -0.3 is 10.1 Å². The van der Waals surface area contributed by atoms with Gasteiger partial charge in [-0.2, -0.15) is 5.10 Å². The Morgan fingerprint density at radius 2 is 2.11 bits per heavy atom. The van der Waals surface area contributed by atoms with Gasteiger partial charge in [-0.1, -0.05) is 12.1 Å². The molecule has 0 atom stereocenters. The van der Waals surface area contributed by atoms with Crippen molar-refractivity contribution in [2.45, 2.75) is 18.8 Å². The highest BCUT2D eigenvalue weighted by molar-refractivity contribution is 5.57. The van der Waals surface area contributed by atoms with Crippen LogP contribution < -0.4 is 10.1 Å². The summed E-state index contributed by atoms with van der Waals surface area (Å²) in [6, 6.07) is 7.83. The van der Waals surface area contributed by atoms with Crippen molar-refractivity contribution < 1.29 is 4.74 Å². The summed E-state index contributed by atoms with van der Waals surface area (Å²) in [7, 11) is 1.66. The molecule has 5 nitrogen and oxygen atoms in total. The predicted octanol–water partition coefficient (Wildman–Crippen LogP) is 1.95. The number of ether oxygens (including phenoxy) is 1. The first-order valence-corrected chi connectivity index (χ1v) is 6.64. The highest BCUT2D eigenvalue weighted by Crippen LogP contribution is 2.25. The number of aromatic nitrogens is 3. The van der Waals surface area contributed by atoms with Crippen molar-refractivity contribution in [1.82, 2.24) is 20.5 Å². The van der Waals surface area contributed by atoms with Crippen molar-refractivity contribution in [3.8, 4) is 17.1 Å². The fourth-order valence-corrected chi connectivity index (χ4v) is 2.44. The Labute approximate surface area is 112 Å². The van der Waals surface area contributed by atoms with E-state index in [4.69, 9.17) is 4.74 Å². The lowest BCUT2D eigenvalue weighted by molar-refractivity contribution is 0.415. The van der Waals surface area contributed by atoms with Crippen LogP contribution in [0.5, 0.6) is 5.75 Å². The van der Waals surface area contributed by atoms with Crippen LogP contribution in [0.4, 0.5) is 0 Å². The van der Waals surface area contributed by atoms with E-state index >= 15 is 0 Å². The number of hydrogen-bond donors (Lipinski definition) is 2. The van der Waals surface area contributed by atoms with E-state index < -0.39 is 0 Å². The first kappa shape index (κ1) is 12.2. The molecule has 1 aromatic carbocycles. The minimum absolute atomic E-state index is 0.494. The minimum Gasteiger partial charge on any atom is -0.497 e. The molecule has 0 unspecified atom stereocenters. The summed E-state index contributed by atoms with van der Waals surface area (Å²) in [6.07, 6.45) is 2.24. The SMILES string of the molecule is COc1cccc(-c2n[nH]c(C3CCNCC3)n2)c1. The van der Waals surface area contributed by atoms with E-state index in [2.05, 4.69) is 20.5 Å². The van der Waals surface area contributed by atoms with E-state index in [1.807, 2.05) is 24.3 Å². The zero-order valence-electron chi connectivity index (χ0n) is 11.0. The Hall–Kier alpha value is -1.88. The molecule has 3 rings (SSSR count). The highest BCUT2D eigenvalue weighted by Gasteiger charge is 2.19. The Kier molecular flexibility index (Phi) is 3.46. The van der Waals surface area contributed by atoms with Gasteiger partial charge >= 0.3 is 0 Å². The molecule has 19 heavy (non-hydrogen) atoms. The minimum atomic E-state index is 0.494. The van der Waals surface area contributed by atoms with Crippen LogP contribution in [0.3, 0.4) is 0 Å². The topological polar surface area (TPSA) is 62.8 Å². The summed E-state index contributed by atoms with van der Waals surface area (Å²) in [6.45, 7) is 2.11. The zero-order chi connectivity index (χ0) is 13.1. The number of nitrogens with one attached hydrogen (secondary N) is 2. The summed E-state index contributed by atoms with van der Waals surface area (Å²) in [5.41, 5.74) is 0.982. The molecule has 0 bridgehead atoms. The number of H-pyrrole nitrogens is 1. The van der Waals surface area contributed by atoms with Gasteiger partial charge in [0.25, 0.3) is 0 Å². The van der Waals surface area contributed by atoms with E-state index in [9.17, 15) is 0 Å². The molecule has 0 aliphatic carbocycles. The summed E-state index contributed by atoms with van der Waals surface area (Å²) < 4.78 is 5.23. The van der Waals surface area contributed by atoms with Gasteiger partial charge in [-0.25, -0.2) is 4.98 Å². The molecule has 2 aromatic rings. The molecule has 0 amide bonds. The number of hydrogen-bond acceptors (Lipinski definition) is 4. The number of aromatic amines is 1. The Morgan fingerprint density at radius 1 is 1.26 bits per heavy atom. The highest BCUT2D eigenvalue weighted by atomic mass is 16.5. The molecule has 0 saturated carbocycles. The molecular formula is C14H18N4O. The van der Waals surface area contributed by atoms with Crippen LogP contribution in [0.15, 0.2) is 24.3 Å². The maximum Gasteiger partial charge on any atom is 0.181 e. The fraction of sp³-hybridized carbons (Fsp3) is 0.429. The van der Waals surface area contributed by atoms with E-state index in [0.29, 0.717) is 5.92 Å². The first-order chi connectivity index (χ1) is 9.36. The second-order valence-corrected chi connectivity index (χ2v) is 4.80. The third-order valence-corrected chi connectivity index (χ3v) is 3.56. The van der Waals surface area contributed by atoms with Gasteiger partial charge in [0.05, 0.1) is 7.11 Å². The van der Waals surface area contributed by atoms with E-state index in [-0.39, 0.29) is 0 Å². The average molecular weight is 258 g/mol. The summed E-state index contributed by atoms with van der Waals surface area (Å²) in [4.78, 5) is 4.63. The van der Waals surface area contributed by atoms with Gasteiger partial charge in [-0.05, 0) is 38.1 Å². The summed E-state index contributed by atoms with van der Waals surface area (Å²) in [5.74, 6) is 3.06. The van der Waals surface area contributed by atoms with Crippen molar-refractivity contribution in [2.75, 3.05) is 20.2 Å². The maximum atomic E-state index is 5.23. The fourth-order valence-electron chi connectivity index (χ4n) is 2.44. The van der Waals surface area contributed by atoms with Gasteiger partial charge in [0.2, 0.25) is 0 Å². The molecule has 2 heterocycles. The van der Waals surface area contributed by atoms with Crippen LogP contribution >= 0.6 is 0 Å². The smallest absolute Gasteiger partial charge is 0.181 e. The van der Waals surface area contributed by atoms with Crippen molar-refractivity contribution in [3.63, 3.8) is 0 Å². The van der Waals surface area contributed by atoms with Crippen molar-refractivity contribution in [1.29, 1.82) is 0 Å². The number of rotatable bonds is 3. The van der Waals surface area contributed by atoms with Crippen molar-refractivity contribution in [3.05, 3.63) is 30.1 Å². The maximum absolute atomic E-state index is 5.23. The molecule has 100 valence electrons. The lowest BCUT2D eigenvalue weighted by atomic mass is 9.98. The van der Waals surface area contributed by atoms with Gasteiger partial charge in [0, 0.05) is 11.5 Å². The first-order valence-electron chi connectivity index (χ1n) is 6.64. The molecule has 2 N–H and O–H groups in total. The standard InChI is InChI=1S/C14H18N4O/c1-19-12-4-2-3-11(9-12)14-16-13(17-18-14)10-5-7-15-8-6-10/h2-4,9-10,15H,5-8H2,1H3,(H,16,17,18). The second-order valence-electron chi connectivity index (χ2n) is 4.80. The largest absolute Gasteiger partial charge is 0.497 e.